The summed E-state index contributed by atoms with van der Waals surface area (Å²) in [6.07, 6.45) is 0.872. The molecule has 0 radical (unpaired) electrons. The summed E-state index contributed by atoms with van der Waals surface area (Å²) in [5, 5.41) is 9.79. The third kappa shape index (κ3) is 3.96. The van der Waals surface area contributed by atoms with Gasteiger partial charge in [-0.1, -0.05) is 13.8 Å². The van der Waals surface area contributed by atoms with E-state index in [1.54, 1.807) is 12.1 Å². The van der Waals surface area contributed by atoms with Gasteiger partial charge in [-0.25, -0.2) is 0 Å². The van der Waals surface area contributed by atoms with Crippen LogP contribution in [0.15, 0.2) is 12.1 Å². The van der Waals surface area contributed by atoms with Crippen LogP contribution in [0.5, 0.6) is 17.2 Å². The molecule has 0 amide bonds. The maximum Gasteiger partial charge on any atom is 0.200 e. The molecule has 0 aromatic heterocycles. The number of phenolic OH excluding ortho intramolecular Hbond substituents is 1. The zero-order valence-electron chi connectivity index (χ0n) is 11.3. The van der Waals surface area contributed by atoms with Crippen molar-refractivity contribution in [3.8, 4) is 17.2 Å². The Morgan fingerprint density at radius 2 is 1.61 bits per heavy atom. The third-order valence-corrected chi connectivity index (χ3v) is 2.66. The second-order valence-electron chi connectivity index (χ2n) is 4.51. The molecule has 0 fully saturated rings. The predicted octanol–water partition coefficient (Wildman–Crippen LogP) is 2.88. The molecule has 0 bridgehead atoms. The number of nitrogens with two attached hydrogens (primary N) is 1. The molecule has 1 aromatic rings. The van der Waals surface area contributed by atoms with Crippen molar-refractivity contribution in [3.05, 3.63) is 17.7 Å². The van der Waals surface area contributed by atoms with Gasteiger partial charge in [-0.15, -0.1) is 12.4 Å². The van der Waals surface area contributed by atoms with Crippen LogP contribution in [0.3, 0.4) is 0 Å². The Morgan fingerprint density at radius 3 is 1.94 bits per heavy atom. The number of methoxy groups -OCH3 is 2. The van der Waals surface area contributed by atoms with Crippen LogP contribution in [-0.2, 0) is 0 Å². The summed E-state index contributed by atoms with van der Waals surface area (Å²) < 4.78 is 10.2. The van der Waals surface area contributed by atoms with Crippen molar-refractivity contribution >= 4 is 12.4 Å². The molecule has 0 unspecified atom stereocenters. The zero-order valence-corrected chi connectivity index (χ0v) is 12.1. The van der Waals surface area contributed by atoms with Gasteiger partial charge < -0.3 is 20.3 Å². The summed E-state index contributed by atoms with van der Waals surface area (Å²) in [5.41, 5.74) is 7.01. The molecule has 104 valence electrons. The molecule has 5 heteroatoms. The minimum Gasteiger partial charge on any atom is -0.502 e. The van der Waals surface area contributed by atoms with Crippen molar-refractivity contribution in [3.63, 3.8) is 0 Å². The highest BCUT2D eigenvalue weighted by Crippen LogP contribution is 2.39. The van der Waals surface area contributed by atoms with Gasteiger partial charge in [0, 0.05) is 6.04 Å². The largest absolute Gasteiger partial charge is 0.502 e. The second kappa shape index (κ2) is 7.34. The van der Waals surface area contributed by atoms with Gasteiger partial charge in [0.05, 0.1) is 14.2 Å². The number of benzene rings is 1. The Balaban J connectivity index is 0.00000289. The molecule has 0 saturated heterocycles. The third-order valence-electron chi connectivity index (χ3n) is 2.66. The summed E-state index contributed by atoms with van der Waals surface area (Å²) in [7, 11) is 3.01. The van der Waals surface area contributed by atoms with E-state index in [0.717, 1.165) is 12.0 Å². The topological polar surface area (TPSA) is 64.7 Å². The number of phenols is 1. The first-order valence-electron chi connectivity index (χ1n) is 5.70. The Hall–Kier alpha value is -1.13. The number of ether oxygens (including phenoxy) is 2. The van der Waals surface area contributed by atoms with E-state index >= 15 is 0 Å². The van der Waals surface area contributed by atoms with Crippen LogP contribution in [-0.4, -0.2) is 19.3 Å². The normalized spacial score (nSPS) is 11.9. The van der Waals surface area contributed by atoms with Gasteiger partial charge in [0.15, 0.2) is 11.5 Å². The zero-order chi connectivity index (χ0) is 13.0. The average Bonchev–Trinajstić information content (AvgIpc) is 2.28. The van der Waals surface area contributed by atoms with Crippen molar-refractivity contribution in [2.75, 3.05) is 14.2 Å². The van der Waals surface area contributed by atoms with E-state index in [9.17, 15) is 5.11 Å². The van der Waals surface area contributed by atoms with Gasteiger partial charge >= 0.3 is 0 Å². The van der Waals surface area contributed by atoms with Gasteiger partial charge in [0.1, 0.15) is 0 Å². The molecule has 0 aliphatic heterocycles. The number of hydrogen-bond acceptors (Lipinski definition) is 4. The Morgan fingerprint density at radius 1 is 1.17 bits per heavy atom. The summed E-state index contributed by atoms with van der Waals surface area (Å²) in [6, 6.07) is 3.42. The Labute approximate surface area is 115 Å². The molecule has 1 rings (SSSR count). The van der Waals surface area contributed by atoms with E-state index in [2.05, 4.69) is 13.8 Å². The minimum atomic E-state index is -0.0848. The Kier molecular flexibility index (Phi) is 6.88. The van der Waals surface area contributed by atoms with Crippen LogP contribution in [0.2, 0.25) is 0 Å². The fourth-order valence-electron chi connectivity index (χ4n) is 1.77. The Bertz CT molecular complexity index is 357. The molecule has 0 heterocycles. The van der Waals surface area contributed by atoms with Crippen LogP contribution in [0, 0.1) is 5.92 Å². The average molecular weight is 276 g/mol. The van der Waals surface area contributed by atoms with E-state index < -0.39 is 0 Å². The van der Waals surface area contributed by atoms with Crippen molar-refractivity contribution < 1.29 is 14.6 Å². The van der Waals surface area contributed by atoms with Crippen LogP contribution < -0.4 is 15.2 Å². The van der Waals surface area contributed by atoms with E-state index in [1.807, 2.05) is 0 Å². The monoisotopic (exact) mass is 275 g/mol. The maximum absolute atomic E-state index is 9.79. The molecule has 1 atom stereocenters. The lowest BCUT2D eigenvalue weighted by Gasteiger charge is -2.17. The molecule has 1 aromatic carbocycles. The van der Waals surface area contributed by atoms with Gasteiger partial charge in [0.25, 0.3) is 0 Å². The number of hydrogen-bond donors (Lipinski definition) is 2. The highest BCUT2D eigenvalue weighted by molar-refractivity contribution is 5.85. The molecule has 0 aliphatic rings. The molecular formula is C13H22ClNO3. The lowest BCUT2D eigenvalue weighted by molar-refractivity contribution is 0.338. The summed E-state index contributed by atoms with van der Waals surface area (Å²) in [4.78, 5) is 0. The van der Waals surface area contributed by atoms with Crippen molar-refractivity contribution in [1.82, 2.24) is 0 Å². The van der Waals surface area contributed by atoms with Gasteiger partial charge in [-0.2, -0.15) is 0 Å². The number of halogens is 1. The smallest absolute Gasteiger partial charge is 0.200 e. The van der Waals surface area contributed by atoms with Crippen LogP contribution >= 0.6 is 12.4 Å². The summed E-state index contributed by atoms with van der Waals surface area (Å²) in [6.45, 7) is 4.24. The van der Waals surface area contributed by atoms with E-state index in [-0.39, 0.29) is 24.2 Å². The van der Waals surface area contributed by atoms with E-state index in [1.165, 1.54) is 14.2 Å². The SMILES string of the molecule is COc1cc([C@H](N)CC(C)C)cc(OC)c1O.Cl. The van der Waals surface area contributed by atoms with Crippen LogP contribution in [0.25, 0.3) is 0 Å². The molecule has 3 N–H and O–H groups in total. The second-order valence-corrected chi connectivity index (χ2v) is 4.51. The lowest BCUT2D eigenvalue weighted by Crippen LogP contribution is -2.13. The van der Waals surface area contributed by atoms with E-state index in [4.69, 9.17) is 15.2 Å². The fraction of sp³-hybridized carbons (Fsp3) is 0.538. The maximum atomic E-state index is 9.79. The standard InChI is InChI=1S/C13H21NO3.ClH/c1-8(2)5-10(14)9-6-11(16-3)13(15)12(7-9)17-4;/h6-8,10,15H,5,14H2,1-4H3;1H/t10-;/m1./s1. The molecule has 4 nitrogen and oxygen atoms in total. The summed E-state index contributed by atoms with van der Waals surface area (Å²) in [5.74, 6) is 1.29. The molecular weight excluding hydrogens is 254 g/mol. The molecule has 18 heavy (non-hydrogen) atoms. The summed E-state index contributed by atoms with van der Waals surface area (Å²) >= 11 is 0. The van der Waals surface area contributed by atoms with Gasteiger partial charge in [-0.05, 0) is 30.0 Å². The van der Waals surface area contributed by atoms with E-state index in [0.29, 0.717) is 17.4 Å². The first kappa shape index (κ1) is 16.9. The number of aromatic hydroxyl groups is 1. The highest BCUT2D eigenvalue weighted by Gasteiger charge is 2.15. The van der Waals surface area contributed by atoms with Crippen LogP contribution in [0.4, 0.5) is 0 Å². The van der Waals surface area contributed by atoms with Gasteiger partial charge in [0.2, 0.25) is 5.75 Å². The predicted molar refractivity (Wildman–Crippen MR) is 74.8 cm³/mol. The fourth-order valence-corrected chi connectivity index (χ4v) is 1.77. The van der Waals surface area contributed by atoms with Gasteiger partial charge in [-0.3, -0.25) is 0 Å². The molecule has 0 saturated carbocycles. The lowest BCUT2D eigenvalue weighted by atomic mass is 9.97. The molecule has 0 spiro atoms. The highest BCUT2D eigenvalue weighted by atomic mass is 35.5. The molecule has 0 aliphatic carbocycles. The van der Waals surface area contributed by atoms with Crippen LogP contribution in [0.1, 0.15) is 31.9 Å². The van der Waals surface area contributed by atoms with Crippen molar-refractivity contribution in [1.29, 1.82) is 0 Å². The first-order chi connectivity index (χ1) is 7.99. The first-order valence-corrected chi connectivity index (χ1v) is 5.70. The van der Waals surface area contributed by atoms with Crippen molar-refractivity contribution in [2.24, 2.45) is 11.7 Å². The quantitative estimate of drug-likeness (QED) is 0.867. The minimum absolute atomic E-state index is 0. The number of rotatable bonds is 5. The van der Waals surface area contributed by atoms with Crippen molar-refractivity contribution in [2.45, 2.75) is 26.3 Å².